The van der Waals surface area contributed by atoms with Crippen LogP contribution in [0.4, 0.5) is 5.00 Å². The summed E-state index contributed by atoms with van der Waals surface area (Å²) in [5.41, 5.74) is 2.32. The average Bonchev–Trinajstić information content (AvgIpc) is 3.36. The molecule has 7 heteroatoms. The minimum absolute atomic E-state index is 0.302. The Hall–Kier alpha value is -2.80. The number of amides is 1. The van der Waals surface area contributed by atoms with E-state index in [4.69, 9.17) is 14.2 Å². The molecule has 0 radical (unpaired) electrons. The fraction of sp³-hybridized carbons (Fsp3) is 0.417. The second-order valence-corrected chi connectivity index (χ2v) is 8.45. The van der Waals surface area contributed by atoms with Gasteiger partial charge in [-0.05, 0) is 55.0 Å². The van der Waals surface area contributed by atoms with Gasteiger partial charge in [0.25, 0.3) is 0 Å². The second-order valence-electron chi connectivity index (χ2n) is 7.34. The Labute approximate surface area is 187 Å². The van der Waals surface area contributed by atoms with Crippen molar-refractivity contribution in [2.24, 2.45) is 0 Å². The number of aryl methyl sites for hydroxylation is 1. The predicted molar refractivity (Wildman–Crippen MR) is 123 cm³/mol. The molecule has 1 N–H and O–H groups in total. The molecule has 0 spiro atoms. The molecule has 0 fully saturated rings. The first-order chi connectivity index (χ1) is 15.1. The van der Waals surface area contributed by atoms with Crippen molar-refractivity contribution in [1.29, 1.82) is 0 Å². The fourth-order valence-corrected chi connectivity index (χ4v) is 4.86. The van der Waals surface area contributed by atoms with E-state index < -0.39 is 5.97 Å². The molecular formula is C24H29NO5S. The van der Waals surface area contributed by atoms with Gasteiger partial charge in [0.1, 0.15) is 5.00 Å². The van der Waals surface area contributed by atoms with Crippen LogP contribution < -0.4 is 14.8 Å². The number of esters is 1. The summed E-state index contributed by atoms with van der Waals surface area (Å²) < 4.78 is 16.1. The number of unbranched alkanes of at least 4 members (excludes halogenated alkanes) is 2. The third kappa shape index (κ3) is 5.67. The van der Waals surface area contributed by atoms with Crippen LogP contribution >= 0.6 is 11.3 Å². The van der Waals surface area contributed by atoms with E-state index in [1.165, 1.54) is 24.5 Å². The number of hydrogen-bond donors (Lipinski definition) is 1. The van der Waals surface area contributed by atoms with Gasteiger partial charge in [0, 0.05) is 11.0 Å². The SMILES string of the molecule is CCCCCOc1ccc(C=CC(=O)Nc2sc3c(c2C(=O)OC)CCC3)cc1OC. The van der Waals surface area contributed by atoms with Crippen LogP contribution in [0.1, 0.15) is 59.0 Å². The molecule has 0 unspecified atom stereocenters. The second kappa shape index (κ2) is 11.0. The van der Waals surface area contributed by atoms with E-state index in [1.54, 1.807) is 13.2 Å². The van der Waals surface area contributed by atoms with E-state index in [0.717, 1.165) is 54.5 Å². The van der Waals surface area contributed by atoms with Gasteiger partial charge in [-0.1, -0.05) is 25.8 Å². The van der Waals surface area contributed by atoms with Gasteiger partial charge in [-0.25, -0.2) is 4.79 Å². The Morgan fingerprint density at radius 3 is 2.74 bits per heavy atom. The van der Waals surface area contributed by atoms with Crippen LogP contribution in [-0.4, -0.2) is 32.7 Å². The summed E-state index contributed by atoms with van der Waals surface area (Å²) in [5.74, 6) is 0.611. The number of anilines is 1. The minimum atomic E-state index is -0.405. The molecule has 0 aliphatic heterocycles. The van der Waals surface area contributed by atoms with E-state index in [0.29, 0.717) is 28.7 Å². The molecule has 3 rings (SSSR count). The summed E-state index contributed by atoms with van der Waals surface area (Å²) in [6.07, 6.45) is 9.22. The number of hydrogen-bond acceptors (Lipinski definition) is 6. The number of fused-ring (bicyclic) bond motifs is 1. The van der Waals surface area contributed by atoms with E-state index in [9.17, 15) is 9.59 Å². The van der Waals surface area contributed by atoms with Crippen LogP contribution in [0, 0.1) is 0 Å². The summed E-state index contributed by atoms with van der Waals surface area (Å²) in [6.45, 7) is 2.80. The zero-order chi connectivity index (χ0) is 22.2. The van der Waals surface area contributed by atoms with Crippen molar-refractivity contribution >= 4 is 34.3 Å². The average molecular weight is 444 g/mol. The molecule has 1 heterocycles. The Balaban J connectivity index is 1.67. The van der Waals surface area contributed by atoms with Crippen LogP contribution in [0.5, 0.6) is 11.5 Å². The molecule has 1 aromatic carbocycles. The highest BCUT2D eigenvalue weighted by molar-refractivity contribution is 7.17. The Kier molecular flexibility index (Phi) is 8.12. The van der Waals surface area contributed by atoms with Crippen molar-refractivity contribution in [3.05, 3.63) is 45.8 Å². The number of carbonyl (C=O) groups excluding carboxylic acids is 2. The number of nitrogens with one attached hydrogen (secondary N) is 1. The van der Waals surface area contributed by atoms with Crippen LogP contribution in [0.2, 0.25) is 0 Å². The largest absolute Gasteiger partial charge is 0.493 e. The van der Waals surface area contributed by atoms with Gasteiger partial charge in [0.15, 0.2) is 11.5 Å². The quantitative estimate of drug-likeness (QED) is 0.308. The van der Waals surface area contributed by atoms with Gasteiger partial charge in [-0.2, -0.15) is 0 Å². The zero-order valence-electron chi connectivity index (χ0n) is 18.3. The molecule has 0 saturated heterocycles. The first-order valence-electron chi connectivity index (χ1n) is 10.6. The van der Waals surface area contributed by atoms with Gasteiger partial charge in [-0.3, -0.25) is 4.79 Å². The number of rotatable bonds is 10. The third-order valence-corrected chi connectivity index (χ3v) is 6.38. The van der Waals surface area contributed by atoms with Crippen molar-refractivity contribution in [2.75, 3.05) is 26.1 Å². The van der Waals surface area contributed by atoms with Crippen LogP contribution in [0.3, 0.4) is 0 Å². The molecule has 31 heavy (non-hydrogen) atoms. The Morgan fingerprint density at radius 1 is 1.16 bits per heavy atom. The highest BCUT2D eigenvalue weighted by Crippen LogP contribution is 2.39. The lowest BCUT2D eigenvalue weighted by Gasteiger charge is -2.11. The lowest BCUT2D eigenvalue weighted by molar-refractivity contribution is -0.111. The van der Waals surface area contributed by atoms with Crippen molar-refractivity contribution < 1.29 is 23.8 Å². The van der Waals surface area contributed by atoms with E-state index >= 15 is 0 Å². The normalized spacial score (nSPS) is 12.6. The van der Waals surface area contributed by atoms with Gasteiger partial charge in [-0.15, -0.1) is 11.3 Å². The lowest BCUT2D eigenvalue weighted by Crippen LogP contribution is -2.12. The monoisotopic (exact) mass is 443 g/mol. The standard InChI is InChI=1S/C24H29NO5S/c1-4-5-6-14-30-18-12-10-16(15-19(18)28-2)11-13-21(26)25-23-22(24(27)29-3)17-8-7-9-20(17)31-23/h10-13,15H,4-9,14H2,1-3H3,(H,25,26). The maximum Gasteiger partial charge on any atom is 0.341 e. The highest BCUT2D eigenvalue weighted by Gasteiger charge is 2.27. The van der Waals surface area contributed by atoms with Crippen molar-refractivity contribution in [1.82, 2.24) is 0 Å². The van der Waals surface area contributed by atoms with Gasteiger partial charge in [0.2, 0.25) is 5.91 Å². The van der Waals surface area contributed by atoms with Crippen molar-refractivity contribution in [2.45, 2.75) is 45.4 Å². The van der Waals surface area contributed by atoms with Gasteiger partial charge in [0.05, 0.1) is 26.4 Å². The summed E-state index contributed by atoms with van der Waals surface area (Å²) >= 11 is 1.46. The molecule has 0 atom stereocenters. The van der Waals surface area contributed by atoms with Gasteiger partial charge < -0.3 is 19.5 Å². The minimum Gasteiger partial charge on any atom is -0.493 e. The van der Waals surface area contributed by atoms with Crippen LogP contribution in [0.25, 0.3) is 6.08 Å². The number of ether oxygens (including phenoxy) is 3. The fourth-order valence-electron chi connectivity index (χ4n) is 3.58. The third-order valence-electron chi connectivity index (χ3n) is 5.17. The number of methoxy groups -OCH3 is 2. The Bertz CT molecular complexity index is 963. The van der Waals surface area contributed by atoms with E-state index in [-0.39, 0.29) is 5.91 Å². The van der Waals surface area contributed by atoms with E-state index in [2.05, 4.69) is 12.2 Å². The molecule has 6 nitrogen and oxygen atoms in total. The first-order valence-corrected chi connectivity index (χ1v) is 11.4. The smallest absolute Gasteiger partial charge is 0.341 e. The summed E-state index contributed by atoms with van der Waals surface area (Å²) in [6, 6.07) is 5.56. The molecule has 1 amide bonds. The molecule has 1 aliphatic carbocycles. The van der Waals surface area contributed by atoms with Gasteiger partial charge >= 0.3 is 5.97 Å². The zero-order valence-corrected chi connectivity index (χ0v) is 19.1. The maximum atomic E-state index is 12.5. The maximum absolute atomic E-state index is 12.5. The molecule has 0 saturated carbocycles. The van der Waals surface area contributed by atoms with Crippen molar-refractivity contribution in [3.63, 3.8) is 0 Å². The summed E-state index contributed by atoms with van der Waals surface area (Å²) in [7, 11) is 2.95. The van der Waals surface area contributed by atoms with Crippen molar-refractivity contribution in [3.8, 4) is 11.5 Å². The molecule has 166 valence electrons. The number of carbonyl (C=O) groups is 2. The summed E-state index contributed by atoms with van der Waals surface area (Å²) in [5, 5.41) is 3.40. The molecule has 0 bridgehead atoms. The van der Waals surface area contributed by atoms with Crippen LogP contribution in [-0.2, 0) is 22.4 Å². The predicted octanol–water partition coefficient (Wildman–Crippen LogP) is 5.25. The summed E-state index contributed by atoms with van der Waals surface area (Å²) in [4.78, 5) is 25.9. The number of thiophene rings is 1. The lowest BCUT2D eigenvalue weighted by atomic mass is 10.1. The molecule has 2 aromatic rings. The van der Waals surface area contributed by atoms with Crippen LogP contribution in [0.15, 0.2) is 24.3 Å². The molecule has 1 aromatic heterocycles. The highest BCUT2D eigenvalue weighted by atomic mass is 32.1. The molecular weight excluding hydrogens is 414 g/mol. The Morgan fingerprint density at radius 2 is 2.00 bits per heavy atom. The number of benzene rings is 1. The van der Waals surface area contributed by atoms with E-state index in [1.807, 2.05) is 18.2 Å². The first kappa shape index (κ1) is 22.9. The molecule has 1 aliphatic rings. The topological polar surface area (TPSA) is 73.9 Å².